The van der Waals surface area contributed by atoms with Crippen LogP contribution in [0.2, 0.25) is 0 Å². The van der Waals surface area contributed by atoms with Crippen LogP contribution in [0.4, 0.5) is 17.1 Å². The van der Waals surface area contributed by atoms with Crippen LogP contribution in [0.3, 0.4) is 0 Å². The van der Waals surface area contributed by atoms with Gasteiger partial charge in [0.15, 0.2) is 0 Å². The number of hydrogen-bond donors (Lipinski definition) is 0. The molecule has 0 amide bonds. The zero-order chi connectivity index (χ0) is 37.1. The number of fused-ring (bicyclic) bond motifs is 9. The van der Waals surface area contributed by atoms with Crippen molar-refractivity contribution in [3.05, 3.63) is 149 Å². The first-order valence-electron chi connectivity index (χ1n) is 20.2. The summed E-state index contributed by atoms with van der Waals surface area (Å²) < 4.78 is 2.86. The Balaban J connectivity index is 1.21. The summed E-state index contributed by atoms with van der Waals surface area (Å²) in [6.45, 7) is 16.7. The topological polar surface area (TPSA) is 3.24 Å². The number of benzene rings is 6. The van der Waals surface area contributed by atoms with E-state index < -0.39 is 0 Å². The molecule has 1 fully saturated rings. The normalized spacial score (nSPS) is 17.0. The smallest absolute Gasteiger partial charge is 0.0640 e. The molecular weight excluding hydrogens is 671 g/mol. The third-order valence-electron chi connectivity index (χ3n) is 13.4. The summed E-state index contributed by atoms with van der Waals surface area (Å²) in [6.07, 6.45) is 6.69. The number of nitrogens with zero attached hydrogens (tertiary/aromatic N) is 1. The van der Waals surface area contributed by atoms with Crippen LogP contribution in [0.1, 0.15) is 120 Å². The van der Waals surface area contributed by atoms with E-state index >= 15 is 0 Å². The maximum Gasteiger partial charge on any atom is 0.0640 e. The Kier molecular flexibility index (Phi) is 7.48. The molecule has 1 nitrogen and oxygen atoms in total. The first kappa shape index (κ1) is 33.9. The second-order valence-electron chi connectivity index (χ2n) is 18.4. The summed E-state index contributed by atoms with van der Waals surface area (Å²) in [6, 6.07) is 44.7. The lowest BCUT2D eigenvalue weighted by Gasteiger charge is -2.30. The van der Waals surface area contributed by atoms with Crippen molar-refractivity contribution in [3.63, 3.8) is 0 Å². The summed E-state index contributed by atoms with van der Waals surface area (Å²) in [7, 11) is 0. The van der Waals surface area contributed by atoms with Crippen molar-refractivity contribution < 1.29 is 0 Å². The molecule has 54 heavy (non-hydrogen) atoms. The van der Waals surface area contributed by atoms with Crippen LogP contribution in [-0.4, -0.2) is 0 Å². The molecule has 1 aromatic heterocycles. The summed E-state index contributed by atoms with van der Waals surface area (Å²) in [5.74, 6) is 0.661. The van der Waals surface area contributed by atoms with Gasteiger partial charge in [-0.3, -0.25) is 0 Å². The molecular formula is C52H51NS. The minimum atomic E-state index is -0.117. The Morgan fingerprint density at radius 3 is 1.89 bits per heavy atom. The van der Waals surface area contributed by atoms with Crippen molar-refractivity contribution in [3.8, 4) is 22.3 Å². The molecule has 7 aromatic rings. The Morgan fingerprint density at radius 1 is 0.556 bits per heavy atom. The molecule has 1 saturated carbocycles. The third kappa shape index (κ3) is 4.88. The molecule has 0 atom stereocenters. The molecule has 0 spiro atoms. The van der Waals surface area contributed by atoms with Crippen LogP contribution in [0.15, 0.2) is 115 Å². The fourth-order valence-corrected chi connectivity index (χ4v) is 11.9. The van der Waals surface area contributed by atoms with Gasteiger partial charge in [-0.2, -0.15) is 0 Å². The van der Waals surface area contributed by atoms with Crippen LogP contribution in [-0.2, 0) is 16.2 Å². The van der Waals surface area contributed by atoms with Crippen LogP contribution >= 0.6 is 11.3 Å². The minimum Gasteiger partial charge on any atom is -0.309 e. The molecule has 6 aromatic carbocycles. The first-order valence-corrected chi connectivity index (χ1v) is 21.0. The molecule has 0 radical (unpaired) electrons. The minimum absolute atomic E-state index is 0.0514. The monoisotopic (exact) mass is 721 g/mol. The Bertz CT molecular complexity index is 2640. The van der Waals surface area contributed by atoms with Crippen molar-refractivity contribution in [2.24, 2.45) is 0 Å². The second-order valence-corrected chi connectivity index (χ2v) is 19.4. The molecule has 0 saturated heterocycles. The summed E-state index contributed by atoms with van der Waals surface area (Å²) in [5.41, 5.74) is 17.7. The molecule has 1 heterocycles. The van der Waals surface area contributed by atoms with Crippen molar-refractivity contribution >= 4 is 48.6 Å². The predicted octanol–water partition coefficient (Wildman–Crippen LogP) is 15.5. The van der Waals surface area contributed by atoms with Gasteiger partial charge < -0.3 is 4.90 Å². The van der Waals surface area contributed by atoms with Crippen LogP contribution in [0.25, 0.3) is 42.4 Å². The average Bonchev–Trinajstić information content (AvgIpc) is 3.75. The van der Waals surface area contributed by atoms with E-state index in [0.29, 0.717) is 5.92 Å². The SMILES string of the molecule is CC(C)(C)c1cccc2c1-c1ccc(N(c3ccc4c(c3)C(C)(C)c3ccccc3-4)c3cccc4c3sc3c(C5CCCCC5)cccc34)cc1C2(C)C. The first-order chi connectivity index (χ1) is 25.9. The molecule has 2 heteroatoms. The maximum absolute atomic E-state index is 2.58. The lowest BCUT2D eigenvalue weighted by Crippen LogP contribution is -2.18. The summed E-state index contributed by atoms with van der Waals surface area (Å²) >= 11 is 2.02. The third-order valence-corrected chi connectivity index (χ3v) is 14.7. The van der Waals surface area contributed by atoms with E-state index in [1.54, 1.807) is 5.56 Å². The van der Waals surface area contributed by atoms with Crippen LogP contribution in [0.5, 0.6) is 0 Å². The van der Waals surface area contributed by atoms with Gasteiger partial charge in [-0.05, 0) is 110 Å². The maximum atomic E-state index is 2.58. The van der Waals surface area contributed by atoms with E-state index in [0.717, 1.165) is 0 Å². The van der Waals surface area contributed by atoms with E-state index in [-0.39, 0.29) is 16.2 Å². The molecule has 10 rings (SSSR count). The largest absolute Gasteiger partial charge is 0.309 e. The number of thiophene rings is 1. The molecule has 0 aliphatic heterocycles. The van der Waals surface area contributed by atoms with Gasteiger partial charge in [-0.15, -0.1) is 11.3 Å². The van der Waals surface area contributed by atoms with E-state index in [1.807, 2.05) is 11.3 Å². The fraction of sp³-hybridized carbons (Fsp3) is 0.308. The van der Waals surface area contributed by atoms with Gasteiger partial charge in [0.2, 0.25) is 0 Å². The Morgan fingerprint density at radius 2 is 1.15 bits per heavy atom. The molecule has 3 aliphatic rings. The highest BCUT2D eigenvalue weighted by atomic mass is 32.1. The molecule has 3 aliphatic carbocycles. The Hall–Kier alpha value is -4.66. The Labute approximate surface area is 325 Å². The second kappa shape index (κ2) is 11.9. The van der Waals surface area contributed by atoms with Crippen LogP contribution < -0.4 is 4.90 Å². The number of rotatable bonds is 4. The molecule has 0 N–H and O–H groups in total. The standard InChI is InChI=1S/C52H51NS/c1-50(2,3)42-23-15-24-43-47(42)40-29-27-34(31-45(40)52(43,6)7)53(33-26-28-37-36-18-11-12-22-41(36)51(4,5)44(37)30-33)46-25-14-21-39-38-20-13-19-35(48(38)54-49(39)46)32-16-9-8-10-17-32/h11-15,18-32H,8-10,16-17H2,1-7H3. The summed E-state index contributed by atoms with van der Waals surface area (Å²) in [4.78, 5) is 2.58. The average molecular weight is 722 g/mol. The number of hydrogen-bond acceptors (Lipinski definition) is 2. The van der Waals surface area contributed by atoms with Crippen LogP contribution in [0, 0.1) is 0 Å². The molecule has 0 unspecified atom stereocenters. The van der Waals surface area contributed by atoms with E-state index in [2.05, 4.69) is 169 Å². The van der Waals surface area contributed by atoms with Gasteiger partial charge in [-0.1, -0.05) is 153 Å². The lowest BCUT2D eigenvalue weighted by molar-refractivity contribution is 0.446. The van der Waals surface area contributed by atoms with Crippen molar-refractivity contribution in [2.45, 2.75) is 103 Å². The van der Waals surface area contributed by atoms with Gasteiger partial charge in [0.05, 0.1) is 10.4 Å². The zero-order valence-corrected chi connectivity index (χ0v) is 33.8. The predicted molar refractivity (Wildman–Crippen MR) is 234 cm³/mol. The lowest BCUT2D eigenvalue weighted by atomic mass is 9.79. The van der Waals surface area contributed by atoms with E-state index in [1.165, 1.54) is 119 Å². The van der Waals surface area contributed by atoms with E-state index in [4.69, 9.17) is 0 Å². The molecule has 0 bridgehead atoms. The van der Waals surface area contributed by atoms with Crippen molar-refractivity contribution in [1.82, 2.24) is 0 Å². The molecule has 270 valence electrons. The van der Waals surface area contributed by atoms with E-state index in [9.17, 15) is 0 Å². The summed E-state index contributed by atoms with van der Waals surface area (Å²) in [5, 5.41) is 2.78. The fourth-order valence-electron chi connectivity index (χ4n) is 10.5. The highest BCUT2D eigenvalue weighted by Crippen LogP contribution is 2.56. The van der Waals surface area contributed by atoms with Gasteiger partial charge in [0.1, 0.15) is 0 Å². The highest BCUT2D eigenvalue weighted by molar-refractivity contribution is 7.26. The number of anilines is 3. The van der Waals surface area contributed by atoms with Gasteiger partial charge in [0, 0.05) is 37.7 Å². The van der Waals surface area contributed by atoms with Gasteiger partial charge in [0.25, 0.3) is 0 Å². The van der Waals surface area contributed by atoms with Crippen molar-refractivity contribution in [1.29, 1.82) is 0 Å². The van der Waals surface area contributed by atoms with Gasteiger partial charge >= 0.3 is 0 Å². The van der Waals surface area contributed by atoms with Crippen molar-refractivity contribution in [2.75, 3.05) is 4.90 Å². The highest BCUT2D eigenvalue weighted by Gasteiger charge is 2.40. The zero-order valence-electron chi connectivity index (χ0n) is 32.9. The van der Waals surface area contributed by atoms with Gasteiger partial charge in [-0.25, -0.2) is 0 Å². The quantitative estimate of drug-likeness (QED) is 0.175.